The van der Waals surface area contributed by atoms with E-state index in [2.05, 4.69) is 68.5 Å². The van der Waals surface area contributed by atoms with Crippen molar-refractivity contribution in [2.45, 2.75) is 161 Å². The van der Waals surface area contributed by atoms with Gasteiger partial charge in [-0.2, -0.15) is 0 Å². The van der Waals surface area contributed by atoms with Gasteiger partial charge in [-0.3, -0.25) is 18.6 Å². The molecule has 2 atom stereocenters. The molecule has 0 radical (unpaired) electrons. The van der Waals surface area contributed by atoms with Crippen LogP contribution in [0.3, 0.4) is 0 Å². The molecule has 0 aliphatic carbocycles. The van der Waals surface area contributed by atoms with Gasteiger partial charge >= 0.3 is 19.8 Å². The highest BCUT2D eigenvalue weighted by Gasteiger charge is 2.25. The third kappa shape index (κ3) is 39.0. The second kappa shape index (κ2) is 39.2. The van der Waals surface area contributed by atoms with Crippen LogP contribution in [0.25, 0.3) is 0 Å². The maximum Gasteiger partial charge on any atom is 0.472 e. The first kappa shape index (κ1) is 50.5. The van der Waals surface area contributed by atoms with Crippen LogP contribution in [0.15, 0.2) is 72.9 Å². The van der Waals surface area contributed by atoms with Crippen LogP contribution in [0.2, 0.25) is 0 Å². The summed E-state index contributed by atoms with van der Waals surface area (Å²) >= 11 is 0. The van der Waals surface area contributed by atoms with Gasteiger partial charge in [0.1, 0.15) is 6.61 Å². The Bertz CT molecular complexity index is 1100. The molecule has 9 nitrogen and oxygen atoms in total. The van der Waals surface area contributed by atoms with Crippen molar-refractivity contribution in [2.75, 3.05) is 26.4 Å². The van der Waals surface area contributed by atoms with E-state index in [1.54, 1.807) is 6.08 Å². The summed E-state index contributed by atoms with van der Waals surface area (Å²) in [6.45, 7) is 3.48. The first-order valence-corrected chi connectivity index (χ1v) is 21.9. The molecule has 0 aromatic rings. The Morgan fingerprint density at radius 2 is 1.09 bits per heavy atom. The van der Waals surface area contributed by atoms with Crippen molar-refractivity contribution in [3.63, 3.8) is 0 Å². The summed E-state index contributed by atoms with van der Waals surface area (Å²) in [5.74, 6) is -0.987. The number of phosphoric acid groups is 1. The molecule has 0 heterocycles. The molecule has 3 N–H and O–H groups in total. The minimum absolute atomic E-state index is 0.00557. The Kier molecular flexibility index (Phi) is 37.3. The number of allylic oxidation sites excluding steroid dienone is 11. The molecule has 0 rings (SSSR count). The highest BCUT2D eigenvalue weighted by Crippen LogP contribution is 2.43. The van der Waals surface area contributed by atoms with Gasteiger partial charge in [0.2, 0.25) is 0 Å². The molecule has 0 aliphatic rings. The summed E-state index contributed by atoms with van der Waals surface area (Å²) in [4.78, 5) is 34.7. The predicted molar refractivity (Wildman–Crippen MR) is 219 cm³/mol. The van der Waals surface area contributed by atoms with Crippen molar-refractivity contribution in [2.24, 2.45) is 5.73 Å². The van der Waals surface area contributed by atoms with Crippen molar-refractivity contribution in [1.82, 2.24) is 0 Å². The Hall–Kier alpha value is -2.55. The van der Waals surface area contributed by atoms with E-state index in [-0.39, 0.29) is 32.6 Å². The number of rotatable bonds is 37. The van der Waals surface area contributed by atoms with Gasteiger partial charge in [0, 0.05) is 13.0 Å². The van der Waals surface area contributed by atoms with Crippen LogP contribution >= 0.6 is 7.82 Å². The van der Waals surface area contributed by atoms with Crippen LogP contribution in [0, 0.1) is 0 Å². The van der Waals surface area contributed by atoms with Gasteiger partial charge in [-0.25, -0.2) is 4.57 Å². The summed E-state index contributed by atoms with van der Waals surface area (Å²) in [5.41, 5.74) is 5.33. The summed E-state index contributed by atoms with van der Waals surface area (Å²) < 4.78 is 32.6. The largest absolute Gasteiger partial charge is 0.472 e. The first-order chi connectivity index (χ1) is 25.8. The SMILES string of the molecule is CC/C=C\C/C=C\C/C=C\C/C=C\C/C=C\CC(=O)OC(COC(=O)CCCCCCCCC/C=C\CCCCCCCC)COP(=O)(O)OCCN. The van der Waals surface area contributed by atoms with Gasteiger partial charge in [-0.15, -0.1) is 0 Å². The van der Waals surface area contributed by atoms with Gasteiger partial charge in [0.05, 0.1) is 19.6 Å². The van der Waals surface area contributed by atoms with E-state index < -0.39 is 32.5 Å². The molecule has 304 valence electrons. The van der Waals surface area contributed by atoms with Crippen LogP contribution in [-0.2, 0) is 32.7 Å². The van der Waals surface area contributed by atoms with Crippen molar-refractivity contribution >= 4 is 19.8 Å². The molecule has 0 fully saturated rings. The third-order valence-corrected chi connectivity index (χ3v) is 9.09. The maximum absolute atomic E-state index is 12.5. The number of carbonyl (C=O) groups is 2. The fourth-order valence-corrected chi connectivity index (χ4v) is 5.88. The average Bonchev–Trinajstić information content (AvgIpc) is 3.14. The van der Waals surface area contributed by atoms with E-state index in [1.165, 1.54) is 64.2 Å². The second-order valence-electron chi connectivity index (χ2n) is 13.1. The van der Waals surface area contributed by atoms with Crippen molar-refractivity contribution in [3.8, 4) is 0 Å². The predicted octanol–water partition coefficient (Wildman–Crippen LogP) is 11.5. The molecule has 2 unspecified atom stereocenters. The Morgan fingerprint density at radius 3 is 1.62 bits per heavy atom. The molecular weight excluding hydrogens is 689 g/mol. The summed E-state index contributed by atoms with van der Waals surface area (Å²) in [6.07, 6.45) is 46.8. The normalized spacial score (nSPS) is 14.1. The zero-order valence-corrected chi connectivity index (χ0v) is 34.1. The fraction of sp³-hybridized carbons (Fsp3) is 0.674. The first-order valence-electron chi connectivity index (χ1n) is 20.4. The van der Waals surface area contributed by atoms with Crippen molar-refractivity contribution in [3.05, 3.63) is 72.9 Å². The molecule has 53 heavy (non-hydrogen) atoms. The van der Waals surface area contributed by atoms with Crippen LogP contribution in [0.5, 0.6) is 0 Å². The lowest BCUT2D eigenvalue weighted by atomic mass is 10.1. The lowest BCUT2D eigenvalue weighted by Gasteiger charge is -2.19. The van der Waals surface area contributed by atoms with Gasteiger partial charge in [-0.05, 0) is 64.2 Å². The van der Waals surface area contributed by atoms with Crippen LogP contribution in [0.4, 0.5) is 0 Å². The van der Waals surface area contributed by atoms with Crippen molar-refractivity contribution in [1.29, 1.82) is 0 Å². The van der Waals surface area contributed by atoms with E-state index in [0.29, 0.717) is 12.8 Å². The summed E-state index contributed by atoms with van der Waals surface area (Å²) in [7, 11) is -4.40. The molecule has 0 aromatic carbocycles. The van der Waals surface area contributed by atoms with Gasteiger partial charge in [-0.1, -0.05) is 151 Å². The molecule has 0 saturated carbocycles. The Balaban J connectivity index is 4.32. The molecule has 0 saturated heterocycles. The lowest BCUT2D eigenvalue weighted by molar-refractivity contribution is -0.160. The van der Waals surface area contributed by atoms with Crippen LogP contribution < -0.4 is 5.73 Å². The highest BCUT2D eigenvalue weighted by molar-refractivity contribution is 7.47. The molecule has 0 aliphatic heterocycles. The Morgan fingerprint density at radius 1 is 0.604 bits per heavy atom. The smallest absolute Gasteiger partial charge is 0.462 e. The molecule has 10 heteroatoms. The number of unbranched alkanes of at least 4 members (excludes halogenated alkanes) is 13. The minimum Gasteiger partial charge on any atom is -0.462 e. The maximum atomic E-state index is 12.5. The topological polar surface area (TPSA) is 134 Å². The number of hydrogen-bond acceptors (Lipinski definition) is 8. The zero-order chi connectivity index (χ0) is 38.9. The van der Waals surface area contributed by atoms with Crippen LogP contribution in [0.1, 0.15) is 155 Å². The minimum atomic E-state index is -4.40. The number of nitrogens with two attached hydrogens (primary N) is 1. The molecule has 0 bridgehead atoms. The van der Waals surface area contributed by atoms with Crippen LogP contribution in [-0.4, -0.2) is 49.3 Å². The third-order valence-electron chi connectivity index (χ3n) is 8.11. The number of carbonyl (C=O) groups excluding carboxylic acids is 2. The van der Waals surface area contributed by atoms with Gasteiger partial charge < -0.3 is 20.1 Å². The monoisotopic (exact) mass is 764 g/mol. The van der Waals surface area contributed by atoms with E-state index in [0.717, 1.165) is 51.4 Å². The van der Waals surface area contributed by atoms with E-state index in [9.17, 15) is 19.0 Å². The summed E-state index contributed by atoms with van der Waals surface area (Å²) in [6, 6.07) is 0. The standard InChI is InChI=1S/C43H74NO8P/c1-3-5-7-9-11-13-15-17-19-20-22-23-25-27-29-31-33-35-42(45)49-39-41(40-51-53(47,48)50-38-37-44)52-43(46)36-34-32-30-28-26-24-21-18-16-14-12-10-8-6-4-2/h6,8,12,14,17-19,21,26,28,32,34,41H,3-5,7,9-11,13,15-16,20,22-25,27,29-31,33,35-40,44H2,1-2H3,(H,47,48)/b8-6-,14-12-,19-17-,21-18-,28-26-,34-32-. The average molecular weight is 764 g/mol. The Labute approximate surface area is 322 Å². The van der Waals surface area contributed by atoms with E-state index >= 15 is 0 Å². The second-order valence-corrected chi connectivity index (χ2v) is 14.6. The zero-order valence-electron chi connectivity index (χ0n) is 33.2. The van der Waals surface area contributed by atoms with Gasteiger partial charge in [0.15, 0.2) is 6.10 Å². The van der Waals surface area contributed by atoms with E-state index in [1.807, 2.05) is 12.2 Å². The fourth-order valence-electron chi connectivity index (χ4n) is 5.11. The number of esters is 2. The molecule has 0 aromatic heterocycles. The molecule has 0 amide bonds. The molecule has 0 spiro atoms. The van der Waals surface area contributed by atoms with Gasteiger partial charge in [0.25, 0.3) is 0 Å². The number of hydrogen-bond donors (Lipinski definition) is 2. The van der Waals surface area contributed by atoms with Crippen molar-refractivity contribution < 1.29 is 37.6 Å². The number of ether oxygens (including phenoxy) is 2. The van der Waals surface area contributed by atoms with E-state index in [4.69, 9.17) is 24.3 Å². The lowest BCUT2D eigenvalue weighted by Crippen LogP contribution is -2.29. The highest BCUT2D eigenvalue weighted by atomic mass is 31.2. The number of phosphoric ester groups is 1. The molecular formula is C43H74NO8P. The summed E-state index contributed by atoms with van der Waals surface area (Å²) in [5, 5.41) is 0. The quantitative estimate of drug-likeness (QED) is 0.0274.